The molecule has 0 amide bonds. The molecule has 0 aliphatic heterocycles. The molecule has 1 N–H and O–H groups in total. The number of benzene rings is 2. The summed E-state index contributed by atoms with van der Waals surface area (Å²) >= 11 is 0. The van der Waals surface area contributed by atoms with E-state index >= 15 is 0 Å². The maximum Gasteiger partial charge on any atom is 0.126 e. The van der Waals surface area contributed by atoms with E-state index in [1.165, 1.54) is 0 Å². The van der Waals surface area contributed by atoms with Crippen LogP contribution in [0.3, 0.4) is 0 Å². The molecule has 0 bridgehead atoms. The standard InChI is InChI=1S/C18H20O2/c1-13(2)9-10-16-17(14-7-5-4-6-8-14)11-15(19)12-18(16)20-3/h4-8,11-12,19H,1,9-10H2,2-3H3. The lowest BCUT2D eigenvalue weighted by molar-refractivity contribution is 0.403. The van der Waals surface area contributed by atoms with E-state index in [1.807, 2.05) is 37.3 Å². The number of ether oxygens (including phenoxy) is 1. The number of rotatable bonds is 5. The Morgan fingerprint density at radius 2 is 1.90 bits per heavy atom. The number of hydrogen-bond donors (Lipinski definition) is 1. The van der Waals surface area contributed by atoms with Gasteiger partial charge in [0.25, 0.3) is 0 Å². The van der Waals surface area contributed by atoms with Crippen LogP contribution in [0.1, 0.15) is 18.9 Å². The second-order valence-corrected chi connectivity index (χ2v) is 5.00. The minimum absolute atomic E-state index is 0.222. The maximum absolute atomic E-state index is 9.89. The minimum atomic E-state index is 0.222. The van der Waals surface area contributed by atoms with Gasteiger partial charge >= 0.3 is 0 Å². The van der Waals surface area contributed by atoms with E-state index in [0.29, 0.717) is 0 Å². The van der Waals surface area contributed by atoms with Crippen molar-refractivity contribution in [2.24, 2.45) is 0 Å². The summed E-state index contributed by atoms with van der Waals surface area (Å²) in [5.41, 5.74) is 4.35. The largest absolute Gasteiger partial charge is 0.508 e. The van der Waals surface area contributed by atoms with Crippen LogP contribution in [0.5, 0.6) is 11.5 Å². The van der Waals surface area contributed by atoms with Crippen molar-refractivity contribution in [2.75, 3.05) is 7.11 Å². The molecule has 0 aromatic heterocycles. The SMILES string of the molecule is C=C(C)CCc1c(OC)cc(O)cc1-c1ccccc1. The van der Waals surface area contributed by atoms with Gasteiger partial charge < -0.3 is 9.84 Å². The first-order chi connectivity index (χ1) is 9.61. The summed E-state index contributed by atoms with van der Waals surface area (Å²) in [6, 6.07) is 13.5. The topological polar surface area (TPSA) is 29.5 Å². The third kappa shape index (κ3) is 3.21. The Morgan fingerprint density at radius 1 is 1.20 bits per heavy atom. The van der Waals surface area contributed by atoms with Gasteiger partial charge in [0.15, 0.2) is 0 Å². The average molecular weight is 268 g/mol. The van der Waals surface area contributed by atoms with E-state index in [1.54, 1.807) is 19.2 Å². The van der Waals surface area contributed by atoms with Crippen LogP contribution in [0, 0.1) is 0 Å². The van der Waals surface area contributed by atoms with Crippen LogP contribution in [-0.2, 0) is 6.42 Å². The maximum atomic E-state index is 9.89. The molecule has 0 fully saturated rings. The zero-order chi connectivity index (χ0) is 14.5. The monoisotopic (exact) mass is 268 g/mol. The zero-order valence-corrected chi connectivity index (χ0v) is 12.0. The van der Waals surface area contributed by atoms with E-state index in [0.717, 1.165) is 40.9 Å². The van der Waals surface area contributed by atoms with Gasteiger partial charge in [0.1, 0.15) is 11.5 Å². The van der Waals surface area contributed by atoms with E-state index in [2.05, 4.69) is 6.58 Å². The zero-order valence-electron chi connectivity index (χ0n) is 12.0. The van der Waals surface area contributed by atoms with Crippen molar-refractivity contribution in [2.45, 2.75) is 19.8 Å². The number of hydrogen-bond acceptors (Lipinski definition) is 2. The molecule has 0 atom stereocenters. The second kappa shape index (κ2) is 6.29. The number of phenolic OH excluding ortho intramolecular Hbond substituents is 1. The molecule has 0 saturated carbocycles. The molecule has 0 radical (unpaired) electrons. The quantitative estimate of drug-likeness (QED) is 0.804. The Labute approximate surface area is 120 Å². The molecular formula is C18H20O2. The normalized spacial score (nSPS) is 10.3. The van der Waals surface area contributed by atoms with Crippen molar-refractivity contribution in [3.05, 3.63) is 60.2 Å². The fourth-order valence-electron chi connectivity index (χ4n) is 2.28. The van der Waals surface area contributed by atoms with Crippen LogP contribution in [-0.4, -0.2) is 12.2 Å². The van der Waals surface area contributed by atoms with Gasteiger partial charge in [-0.25, -0.2) is 0 Å². The van der Waals surface area contributed by atoms with E-state index in [9.17, 15) is 5.11 Å². The van der Waals surface area contributed by atoms with Crippen molar-refractivity contribution >= 4 is 0 Å². The van der Waals surface area contributed by atoms with Gasteiger partial charge in [-0.1, -0.05) is 35.9 Å². The van der Waals surface area contributed by atoms with Crippen molar-refractivity contribution in [1.82, 2.24) is 0 Å². The van der Waals surface area contributed by atoms with Gasteiger partial charge in [-0.05, 0) is 37.0 Å². The lowest BCUT2D eigenvalue weighted by Crippen LogP contribution is -1.97. The molecule has 2 nitrogen and oxygen atoms in total. The lowest BCUT2D eigenvalue weighted by Gasteiger charge is -2.15. The summed E-state index contributed by atoms with van der Waals surface area (Å²) in [6.45, 7) is 5.98. The van der Waals surface area contributed by atoms with Crippen LogP contribution in [0.2, 0.25) is 0 Å². The molecule has 0 spiro atoms. The molecule has 0 aliphatic rings. The Hall–Kier alpha value is -2.22. The Kier molecular flexibility index (Phi) is 4.46. The molecule has 2 aromatic rings. The molecule has 0 heterocycles. The van der Waals surface area contributed by atoms with Gasteiger partial charge in [-0.3, -0.25) is 0 Å². The molecule has 0 saturated heterocycles. The first kappa shape index (κ1) is 14.2. The molecule has 0 unspecified atom stereocenters. The summed E-state index contributed by atoms with van der Waals surface area (Å²) in [7, 11) is 1.63. The second-order valence-electron chi connectivity index (χ2n) is 5.00. The molecule has 0 aliphatic carbocycles. The smallest absolute Gasteiger partial charge is 0.126 e. The summed E-state index contributed by atoms with van der Waals surface area (Å²) in [5, 5.41) is 9.89. The van der Waals surface area contributed by atoms with E-state index in [4.69, 9.17) is 4.74 Å². The summed E-state index contributed by atoms with van der Waals surface area (Å²) in [6.07, 6.45) is 1.75. The molecule has 2 rings (SSSR count). The van der Waals surface area contributed by atoms with E-state index < -0.39 is 0 Å². The summed E-state index contributed by atoms with van der Waals surface area (Å²) in [5.74, 6) is 0.949. The van der Waals surface area contributed by atoms with Crippen molar-refractivity contribution < 1.29 is 9.84 Å². The molecule has 104 valence electrons. The Morgan fingerprint density at radius 3 is 2.50 bits per heavy atom. The van der Waals surface area contributed by atoms with Gasteiger partial charge in [-0.15, -0.1) is 6.58 Å². The Bertz CT molecular complexity index is 600. The average Bonchev–Trinajstić information content (AvgIpc) is 2.45. The fourth-order valence-corrected chi connectivity index (χ4v) is 2.28. The molecule has 20 heavy (non-hydrogen) atoms. The fraction of sp³-hybridized carbons (Fsp3) is 0.222. The van der Waals surface area contributed by atoms with Crippen LogP contribution < -0.4 is 4.74 Å². The van der Waals surface area contributed by atoms with Gasteiger partial charge in [0.2, 0.25) is 0 Å². The predicted molar refractivity (Wildman–Crippen MR) is 83.2 cm³/mol. The number of methoxy groups -OCH3 is 1. The Balaban J connectivity index is 2.53. The molecule has 2 heteroatoms. The van der Waals surface area contributed by atoms with Crippen molar-refractivity contribution in [3.8, 4) is 22.6 Å². The third-order valence-electron chi connectivity index (χ3n) is 3.30. The number of allylic oxidation sites excluding steroid dienone is 1. The third-order valence-corrected chi connectivity index (χ3v) is 3.30. The summed E-state index contributed by atoms with van der Waals surface area (Å²) in [4.78, 5) is 0. The highest BCUT2D eigenvalue weighted by molar-refractivity contribution is 5.72. The van der Waals surface area contributed by atoms with Crippen molar-refractivity contribution in [3.63, 3.8) is 0 Å². The van der Waals surface area contributed by atoms with Gasteiger partial charge in [-0.2, -0.15) is 0 Å². The van der Waals surface area contributed by atoms with Gasteiger partial charge in [0, 0.05) is 11.6 Å². The van der Waals surface area contributed by atoms with Crippen LogP contribution in [0.4, 0.5) is 0 Å². The highest BCUT2D eigenvalue weighted by Crippen LogP contribution is 2.36. The van der Waals surface area contributed by atoms with E-state index in [-0.39, 0.29) is 5.75 Å². The minimum Gasteiger partial charge on any atom is -0.508 e. The van der Waals surface area contributed by atoms with Crippen molar-refractivity contribution in [1.29, 1.82) is 0 Å². The molecular weight excluding hydrogens is 248 g/mol. The van der Waals surface area contributed by atoms with Crippen LogP contribution >= 0.6 is 0 Å². The number of aromatic hydroxyl groups is 1. The van der Waals surface area contributed by atoms with Crippen LogP contribution in [0.15, 0.2) is 54.6 Å². The predicted octanol–water partition coefficient (Wildman–Crippen LogP) is 4.58. The van der Waals surface area contributed by atoms with Crippen LogP contribution in [0.25, 0.3) is 11.1 Å². The number of phenols is 1. The highest BCUT2D eigenvalue weighted by Gasteiger charge is 2.13. The lowest BCUT2D eigenvalue weighted by atomic mass is 9.94. The summed E-state index contributed by atoms with van der Waals surface area (Å²) < 4.78 is 5.43. The molecule has 2 aromatic carbocycles. The van der Waals surface area contributed by atoms with Gasteiger partial charge in [0.05, 0.1) is 7.11 Å². The first-order valence-electron chi connectivity index (χ1n) is 6.71. The highest BCUT2D eigenvalue weighted by atomic mass is 16.5. The first-order valence-corrected chi connectivity index (χ1v) is 6.71.